The average Bonchev–Trinajstić information content (AvgIpc) is 2.31. The van der Waals surface area contributed by atoms with Gasteiger partial charge in [-0.05, 0) is 44.7 Å². The van der Waals surface area contributed by atoms with E-state index in [0.717, 1.165) is 18.7 Å². The number of rotatable bonds is 2. The number of hydrogen-bond acceptors (Lipinski definition) is 2. The molecule has 0 bridgehead atoms. The number of aliphatic hydroxyl groups excluding tert-OH is 1. The van der Waals surface area contributed by atoms with Crippen molar-refractivity contribution in [3.63, 3.8) is 0 Å². The lowest BCUT2D eigenvalue weighted by Gasteiger charge is -2.40. The number of aliphatic hydroxyl groups is 1. The van der Waals surface area contributed by atoms with Crippen LogP contribution in [0.5, 0.6) is 0 Å². The van der Waals surface area contributed by atoms with E-state index in [0.29, 0.717) is 17.5 Å². The first-order valence-electron chi connectivity index (χ1n) is 6.73. The van der Waals surface area contributed by atoms with Crippen LogP contribution in [0.4, 0.5) is 10.1 Å². The first kappa shape index (κ1) is 13.3. The molecule has 3 heteroatoms. The maximum atomic E-state index is 13.9. The topological polar surface area (TPSA) is 23.5 Å². The minimum atomic E-state index is -0.773. The predicted octanol–water partition coefficient (Wildman–Crippen LogP) is 3.50. The number of piperidine rings is 1. The van der Waals surface area contributed by atoms with Gasteiger partial charge in [0.2, 0.25) is 0 Å². The van der Waals surface area contributed by atoms with Gasteiger partial charge in [-0.15, -0.1) is 0 Å². The van der Waals surface area contributed by atoms with Crippen LogP contribution in [-0.4, -0.2) is 17.7 Å². The van der Waals surface area contributed by atoms with Gasteiger partial charge in [0.15, 0.2) is 0 Å². The molecular weight excluding hydrogens is 229 g/mol. The van der Waals surface area contributed by atoms with Gasteiger partial charge in [0.25, 0.3) is 0 Å². The molecule has 0 spiro atoms. The van der Waals surface area contributed by atoms with Crippen LogP contribution >= 0.6 is 0 Å². The Balaban J connectivity index is 2.40. The molecule has 0 aromatic heterocycles. The molecule has 1 aromatic carbocycles. The highest BCUT2D eigenvalue weighted by molar-refractivity contribution is 5.56. The maximum absolute atomic E-state index is 13.9. The van der Waals surface area contributed by atoms with E-state index in [1.807, 2.05) is 6.07 Å². The lowest BCUT2D eigenvalue weighted by molar-refractivity contribution is 0.194. The monoisotopic (exact) mass is 251 g/mol. The molecule has 0 radical (unpaired) electrons. The van der Waals surface area contributed by atoms with E-state index in [-0.39, 0.29) is 5.82 Å². The van der Waals surface area contributed by atoms with Crippen LogP contribution < -0.4 is 4.90 Å². The van der Waals surface area contributed by atoms with Crippen molar-refractivity contribution in [2.45, 2.75) is 45.8 Å². The Hall–Kier alpha value is -1.09. The minimum Gasteiger partial charge on any atom is -0.389 e. The normalized spacial score (nSPS) is 26.2. The Morgan fingerprint density at radius 3 is 2.72 bits per heavy atom. The molecule has 1 heterocycles. The molecule has 3 atom stereocenters. The van der Waals surface area contributed by atoms with E-state index in [2.05, 4.69) is 18.7 Å². The summed E-state index contributed by atoms with van der Waals surface area (Å²) in [7, 11) is 0. The van der Waals surface area contributed by atoms with Gasteiger partial charge in [0, 0.05) is 23.8 Å². The zero-order valence-corrected chi connectivity index (χ0v) is 11.4. The van der Waals surface area contributed by atoms with Gasteiger partial charge in [-0.1, -0.05) is 13.0 Å². The standard InChI is InChI=1S/C15H22FNO/c1-10-7-8-11(2)17(9-10)14-6-4-5-13(16)15(14)12(3)18/h4-6,10-12,18H,7-9H2,1-3H3/t10?,11?,12-/m1/s1. The molecule has 2 rings (SSSR count). The minimum absolute atomic E-state index is 0.312. The fraction of sp³-hybridized carbons (Fsp3) is 0.600. The molecule has 2 unspecified atom stereocenters. The zero-order valence-electron chi connectivity index (χ0n) is 11.4. The maximum Gasteiger partial charge on any atom is 0.131 e. The van der Waals surface area contributed by atoms with Crippen LogP contribution in [0.1, 0.15) is 45.3 Å². The van der Waals surface area contributed by atoms with E-state index in [4.69, 9.17) is 0 Å². The van der Waals surface area contributed by atoms with E-state index < -0.39 is 6.10 Å². The van der Waals surface area contributed by atoms with Crippen LogP contribution in [0.25, 0.3) is 0 Å². The van der Waals surface area contributed by atoms with Gasteiger partial charge in [0.05, 0.1) is 6.10 Å². The molecule has 2 nitrogen and oxygen atoms in total. The highest BCUT2D eigenvalue weighted by atomic mass is 19.1. The molecule has 100 valence electrons. The quantitative estimate of drug-likeness (QED) is 0.869. The second-order valence-electron chi connectivity index (χ2n) is 5.53. The van der Waals surface area contributed by atoms with Crippen molar-refractivity contribution in [1.29, 1.82) is 0 Å². The molecule has 0 saturated carbocycles. The van der Waals surface area contributed by atoms with Crippen LogP contribution in [-0.2, 0) is 0 Å². The molecule has 1 aromatic rings. The Labute approximate surface area is 108 Å². The van der Waals surface area contributed by atoms with E-state index in [1.165, 1.54) is 12.5 Å². The highest BCUT2D eigenvalue weighted by Gasteiger charge is 2.26. The van der Waals surface area contributed by atoms with Crippen molar-refractivity contribution in [3.05, 3.63) is 29.6 Å². The Morgan fingerprint density at radius 1 is 1.33 bits per heavy atom. The fourth-order valence-electron chi connectivity index (χ4n) is 2.81. The summed E-state index contributed by atoms with van der Waals surface area (Å²) in [5.41, 5.74) is 1.28. The number of anilines is 1. The number of hydrogen-bond donors (Lipinski definition) is 1. The molecule has 18 heavy (non-hydrogen) atoms. The third kappa shape index (κ3) is 2.51. The van der Waals surface area contributed by atoms with Crippen LogP contribution in [0.2, 0.25) is 0 Å². The lowest BCUT2D eigenvalue weighted by atomic mass is 9.93. The summed E-state index contributed by atoms with van der Waals surface area (Å²) in [6.45, 7) is 6.95. The third-order valence-electron chi connectivity index (χ3n) is 3.87. The van der Waals surface area contributed by atoms with E-state index in [1.54, 1.807) is 13.0 Å². The van der Waals surface area contributed by atoms with Crippen LogP contribution in [0.15, 0.2) is 18.2 Å². The first-order chi connectivity index (χ1) is 8.50. The van der Waals surface area contributed by atoms with Gasteiger partial charge in [0.1, 0.15) is 5.82 Å². The van der Waals surface area contributed by atoms with Crippen molar-refractivity contribution < 1.29 is 9.50 Å². The smallest absolute Gasteiger partial charge is 0.131 e. The lowest BCUT2D eigenvalue weighted by Crippen LogP contribution is -2.41. The summed E-state index contributed by atoms with van der Waals surface area (Å²) >= 11 is 0. The molecule has 1 N–H and O–H groups in total. The largest absolute Gasteiger partial charge is 0.389 e. The summed E-state index contributed by atoms with van der Waals surface area (Å²) in [6.07, 6.45) is 1.57. The molecule has 1 aliphatic rings. The van der Waals surface area contributed by atoms with Crippen molar-refractivity contribution >= 4 is 5.69 Å². The van der Waals surface area contributed by atoms with Crippen LogP contribution in [0, 0.1) is 11.7 Å². The molecule has 0 aliphatic carbocycles. The molecule has 1 aliphatic heterocycles. The summed E-state index contributed by atoms with van der Waals surface area (Å²) < 4.78 is 13.9. The van der Waals surface area contributed by atoms with Gasteiger partial charge >= 0.3 is 0 Å². The Bertz CT molecular complexity index is 419. The number of benzene rings is 1. The Morgan fingerprint density at radius 2 is 2.06 bits per heavy atom. The predicted molar refractivity (Wildman–Crippen MR) is 72.2 cm³/mol. The summed E-state index contributed by atoms with van der Waals surface area (Å²) in [5, 5.41) is 9.80. The number of halogens is 1. The first-order valence-corrected chi connectivity index (χ1v) is 6.73. The number of nitrogens with zero attached hydrogens (tertiary/aromatic N) is 1. The molecular formula is C15H22FNO. The third-order valence-corrected chi connectivity index (χ3v) is 3.87. The molecule has 0 amide bonds. The van der Waals surface area contributed by atoms with E-state index in [9.17, 15) is 9.50 Å². The van der Waals surface area contributed by atoms with E-state index >= 15 is 0 Å². The van der Waals surface area contributed by atoms with Gasteiger partial charge < -0.3 is 10.0 Å². The van der Waals surface area contributed by atoms with Crippen molar-refractivity contribution in [2.24, 2.45) is 5.92 Å². The van der Waals surface area contributed by atoms with Gasteiger partial charge in [-0.2, -0.15) is 0 Å². The van der Waals surface area contributed by atoms with Crippen molar-refractivity contribution in [3.8, 4) is 0 Å². The second-order valence-corrected chi connectivity index (χ2v) is 5.53. The summed E-state index contributed by atoms with van der Waals surface area (Å²) in [6, 6.07) is 5.46. The van der Waals surface area contributed by atoms with Crippen LogP contribution in [0.3, 0.4) is 0 Å². The van der Waals surface area contributed by atoms with Crippen molar-refractivity contribution in [2.75, 3.05) is 11.4 Å². The fourth-order valence-corrected chi connectivity index (χ4v) is 2.81. The van der Waals surface area contributed by atoms with Gasteiger partial charge in [-0.3, -0.25) is 0 Å². The Kier molecular flexibility index (Phi) is 3.91. The summed E-state index contributed by atoms with van der Waals surface area (Å²) in [4.78, 5) is 2.24. The highest BCUT2D eigenvalue weighted by Crippen LogP contribution is 2.34. The molecule has 1 fully saturated rings. The average molecular weight is 251 g/mol. The molecule has 1 saturated heterocycles. The second kappa shape index (κ2) is 5.27. The summed E-state index contributed by atoms with van der Waals surface area (Å²) in [5.74, 6) is 0.305. The van der Waals surface area contributed by atoms with Crippen molar-refractivity contribution in [1.82, 2.24) is 0 Å². The van der Waals surface area contributed by atoms with Gasteiger partial charge in [-0.25, -0.2) is 4.39 Å². The SMILES string of the molecule is CC1CCC(C)N(c2cccc(F)c2[C@@H](C)O)C1. The zero-order chi connectivity index (χ0) is 13.3.